The normalized spacial score (nSPS) is 15.5. The van der Waals surface area contributed by atoms with Crippen LogP contribution in [0, 0.1) is 0 Å². The highest BCUT2D eigenvalue weighted by Crippen LogP contribution is 2.12. The van der Waals surface area contributed by atoms with Gasteiger partial charge in [-0.3, -0.25) is 4.79 Å². The number of carbonyl (C=O) groups is 1. The SMILES string of the molecule is O=C(NC1CC=CC1)c1cccc(S)c1. The number of amides is 1. The lowest BCUT2D eigenvalue weighted by Crippen LogP contribution is -2.32. The number of nitrogens with one attached hydrogen (secondary N) is 1. The topological polar surface area (TPSA) is 29.1 Å². The van der Waals surface area contributed by atoms with Crippen molar-refractivity contribution in [3.63, 3.8) is 0 Å². The van der Waals surface area contributed by atoms with E-state index in [9.17, 15) is 4.79 Å². The van der Waals surface area contributed by atoms with Crippen molar-refractivity contribution in [2.75, 3.05) is 0 Å². The van der Waals surface area contributed by atoms with E-state index < -0.39 is 0 Å². The Balaban J connectivity index is 2.01. The van der Waals surface area contributed by atoms with Crippen molar-refractivity contribution in [2.24, 2.45) is 0 Å². The fraction of sp³-hybridized carbons (Fsp3) is 0.250. The molecule has 0 spiro atoms. The number of rotatable bonds is 2. The Hall–Kier alpha value is -1.22. The van der Waals surface area contributed by atoms with Gasteiger partial charge in [0, 0.05) is 16.5 Å². The summed E-state index contributed by atoms with van der Waals surface area (Å²) in [7, 11) is 0. The molecule has 0 saturated heterocycles. The van der Waals surface area contributed by atoms with Crippen molar-refractivity contribution in [3.05, 3.63) is 42.0 Å². The first-order valence-corrected chi connectivity index (χ1v) is 5.45. The molecular formula is C12H13NOS. The quantitative estimate of drug-likeness (QED) is 0.580. The Morgan fingerprint density at radius 2 is 2.07 bits per heavy atom. The molecule has 0 atom stereocenters. The molecule has 0 heterocycles. The number of hydrogen-bond donors (Lipinski definition) is 2. The van der Waals surface area contributed by atoms with Gasteiger partial charge in [0.05, 0.1) is 0 Å². The summed E-state index contributed by atoms with van der Waals surface area (Å²) < 4.78 is 0. The zero-order valence-corrected chi connectivity index (χ0v) is 9.21. The molecule has 2 rings (SSSR count). The first-order chi connectivity index (χ1) is 7.25. The summed E-state index contributed by atoms with van der Waals surface area (Å²) in [6, 6.07) is 7.54. The number of benzene rings is 1. The summed E-state index contributed by atoms with van der Waals surface area (Å²) in [5.41, 5.74) is 0.675. The average Bonchev–Trinajstić information content (AvgIpc) is 2.70. The van der Waals surface area contributed by atoms with Crippen molar-refractivity contribution in [3.8, 4) is 0 Å². The van der Waals surface area contributed by atoms with Crippen molar-refractivity contribution in [2.45, 2.75) is 23.8 Å². The molecule has 0 fully saturated rings. The van der Waals surface area contributed by atoms with Crippen LogP contribution in [0.3, 0.4) is 0 Å². The average molecular weight is 219 g/mol. The Labute approximate surface area is 94.8 Å². The maximum Gasteiger partial charge on any atom is 0.251 e. The molecule has 0 unspecified atom stereocenters. The standard InChI is InChI=1S/C12H13NOS/c14-12(13-10-5-1-2-6-10)9-4-3-7-11(15)8-9/h1-4,7-8,10,15H,5-6H2,(H,13,14). The highest BCUT2D eigenvalue weighted by molar-refractivity contribution is 7.80. The first-order valence-electron chi connectivity index (χ1n) is 5.00. The second-order valence-corrected chi connectivity index (χ2v) is 4.18. The zero-order chi connectivity index (χ0) is 10.7. The molecule has 0 aromatic heterocycles. The second-order valence-electron chi connectivity index (χ2n) is 3.66. The molecule has 0 bridgehead atoms. The molecule has 0 radical (unpaired) electrons. The Bertz CT molecular complexity index is 392. The van der Waals surface area contributed by atoms with Gasteiger partial charge in [0.25, 0.3) is 5.91 Å². The largest absolute Gasteiger partial charge is 0.349 e. The van der Waals surface area contributed by atoms with Crippen LogP contribution in [0.15, 0.2) is 41.3 Å². The number of hydrogen-bond acceptors (Lipinski definition) is 2. The van der Waals surface area contributed by atoms with Crippen LogP contribution in [0.2, 0.25) is 0 Å². The molecule has 15 heavy (non-hydrogen) atoms. The molecule has 2 nitrogen and oxygen atoms in total. The van der Waals surface area contributed by atoms with Gasteiger partial charge in [-0.15, -0.1) is 12.6 Å². The Kier molecular flexibility index (Phi) is 3.11. The van der Waals surface area contributed by atoms with E-state index in [2.05, 4.69) is 30.1 Å². The van der Waals surface area contributed by atoms with Gasteiger partial charge < -0.3 is 5.32 Å². The third kappa shape index (κ3) is 2.63. The lowest BCUT2D eigenvalue weighted by molar-refractivity contribution is 0.0939. The zero-order valence-electron chi connectivity index (χ0n) is 8.31. The van der Waals surface area contributed by atoms with Crippen LogP contribution < -0.4 is 5.32 Å². The number of carbonyl (C=O) groups excluding carboxylic acids is 1. The minimum Gasteiger partial charge on any atom is -0.349 e. The van der Waals surface area contributed by atoms with Gasteiger partial charge in [-0.1, -0.05) is 18.2 Å². The third-order valence-electron chi connectivity index (χ3n) is 2.45. The molecular weight excluding hydrogens is 206 g/mol. The summed E-state index contributed by atoms with van der Waals surface area (Å²) >= 11 is 4.21. The second kappa shape index (κ2) is 4.53. The van der Waals surface area contributed by atoms with E-state index in [0.29, 0.717) is 5.56 Å². The highest BCUT2D eigenvalue weighted by Gasteiger charge is 2.14. The van der Waals surface area contributed by atoms with E-state index in [1.54, 1.807) is 12.1 Å². The lowest BCUT2D eigenvalue weighted by Gasteiger charge is -2.11. The van der Waals surface area contributed by atoms with E-state index in [1.165, 1.54) is 0 Å². The van der Waals surface area contributed by atoms with Gasteiger partial charge in [0.2, 0.25) is 0 Å². The lowest BCUT2D eigenvalue weighted by atomic mass is 10.2. The van der Waals surface area contributed by atoms with Gasteiger partial charge in [-0.25, -0.2) is 0 Å². The van der Waals surface area contributed by atoms with Gasteiger partial charge >= 0.3 is 0 Å². The maximum absolute atomic E-state index is 11.8. The van der Waals surface area contributed by atoms with Crippen molar-refractivity contribution < 1.29 is 4.79 Å². The Morgan fingerprint density at radius 3 is 2.73 bits per heavy atom. The van der Waals surface area contributed by atoms with Crippen LogP contribution in [0.1, 0.15) is 23.2 Å². The van der Waals surface area contributed by atoms with Crippen LogP contribution in [-0.4, -0.2) is 11.9 Å². The molecule has 1 aliphatic rings. The maximum atomic E-state index is 11.8. The Morgan fingerprint density at radius 1 is 1.33 bits per heavy atom. The summed E-state index contributed by atoms with van der Waals surface area (Å²) in [6.07, 6.45) is 6.07. The minimum atomic E-state index is -0.0143. The molecule has 1 aliphatic carbocycles. The molecule has 78 valence electrons. The van der Waals surface area contributed by atoms with Crippen LogP contribution in [-0.2, 0) is 0 Å². The summed E-state index contributed by atoms with van der Waals surface area (Å²) in [6.45, 7) is 0. The van der Waals surface area contributed by atoms with Gasteiger partial charge in [0.1, 0.15) is 0 Å². The molecule has 1 aromatic carbocycles. The molecule has 1 N–H and O–H groups in total. The molecule has 0 aliphatic heterocycles. The fourth-order valence-corrected chi connectivity index (χ4v) is 1.88. The first kappa shape index (κ1) is 10.3. The van der Waals surface area contributed by atoms with Crippen molar-refractivity contribution >= 4 is 18.5 Å². The monoisotopic (exact) mass is 219 g/mol. The van der Waals surface area contributed by atoms with Gasteiger partial charge in [0.15, 0.2) is 0 Å². The summed E-state index contributed by atoms with van der Waals surface area (Å²) in [4.78, 5) is 12.6. The molecule has 1 amide bonds. The molecule has 3 heteroatoms. The van der Waals surface area contributed by atoms with E-state index in [4.69, 9.17) is 0 Å². The van der Waals surface area contributed by atoms with Crippen molar-refractivity contribution in [1.82, 2.24) is 5.32 Å². The minimum absolute atomic E-state index is 0.0143. The molecule has 1 aromatic rings. The number of thiol groups is 1. The van der Waals surface area contributed by atoms with E-state index in [1.807, 2.05) is 12.1 Å². The highest BCUT2D eigenvalue weighted by atomic mass is 32.1. The van der Waals surface area contributed by atoms with Gasteiger partial charge in [-0.2, -0.15) is 0 Å². The van der Waals surface area contributed by atoms with Crippen LogP contribution >= 0.6 is 12.6 Å². The summed E-state index contributed by atoms with van der Waals surface area (Å²) in [5.74, 6) is -0.0143. The van der Waals surface area contributed by atoms with E-state index in [-0.39, 0.29) is 11.9 Å². The van der Waals surface area contributed by atoms with Crippen LogP contribution in [0.25, 0.3) is 0 Å². The predicted octanol–water partition coefficient (Wildman–Crippen LogP) is 2.42. The van der Waals surface area contributed by atoms with Gasteiger partial charge in [-0.05, 0) is 31.0 Å². The third-order valence-corrected chi connectivity index (χ3v) is 2.73. The smallest absolute Gasteiger partial charge is 0.251 e. The van der Waals surface area contributed by atoms with Crippen LogP contribution in [0.5, 0.6) is 0 Å². The van der Waals surface area contributed by atoms with E-state index in [0.717, 1.165) is 17.7 Å². The van der Waals surface area contributed by atoms with Crippen molar-refractivity contribution in [1.29, 1.82) is 0 Å². The predicted molar refractivity (Wildman–Crippen MR) is 63.3 cm³/mol. The fourth-order valence-electron chi connectivity index (χ4n) is 1.65. The molecule has 0 saturated carbocycles. The summed E-state index contributed by atoms with van der Waals surface area (Å²) in [5, 5.41) is 2.99. The van der Waals surface area contributed by atoms with Crippen LogP contribution in [0.4, 0.5) is 0 Å². The van der Waals surface area contributed by atoms with E-state index >= 15 is 0 Å².